The number of hydrogen-bond acceptors (Lipinski definition) is 1. The van der Waals surface area contributed by atoms with E-state index in [4.69, 9.17) is 0 Å². The molecule has 0 saturated heterocycles. The zero-order valence-corrected chi connectivity index (χ0v) is 14.5. The molecule has 0 aliphatic heterocycles. The molecule has 2 amide bonds. The minimum absolute atomic E-state index is 0.0200. The maximum Gasteiger partial charge on any atom is 0.315 e. The Labute approximate surface area is 140 Å². The van der Waals surface area contributed by atoms with Gasteiger partial charge in [0.05, 0.1) is 6.04 Å². The van der Waals surface area contributed by atoms with Crippen molar-refractivity contribution in [2.45, 2.75) is 32.9 Å². The number of amides is 2. The summed E-state index contributed by atoms with van der Waals surface area (Å²) in [6.07, 6.45) is 1.02. The van der Waals surface area contributed by atoms with Gasteiger partial charge < -0.3 is 10.6 Å². The van der Waals surface area contributed by atoms with Crippen molar-refractivity contribution in [3.8, 4) is 0 Å². The van der Waals surface area contributed by atoms with E-state index in [1.165, 1.54) is 5.56 Å². The Hall–Kier alpha value is -1.81. The third kappa shape index (κ3) is 4.88. The minimum atomic E-state index is -0.160. The first-order valence-corrected chi connectivity index (χ1v) is 8.25. The van der Waals surface area contributed by atoms with Crippen molar-refractivity contribution in [3.05, 3.63) is 69.7 Å². The van der Waals surface area contributed by atoms with Gasteiger partial charge >= 0.3 is 6.03 Å². The second kappa shape index (κ2) is 7.99. The maximum atomic E-state index is 12.0. The van der Waals surface area contributed by atoms with Crippen LogP contribution in [0.15, 0.2) is 53.0 Å². The van der Waals surface area contributed by atoms with Crippen LogP contribution in [0.1, 0.15) is 36.6 Å². The highest BCUT2D eigenvalue weighted by Gasteiger charge is 2.09. The molecule has 0 spiro atoms. The largest absolute Gasteiger partial charge is 0.334 e. The van der Waals surface area contributed by atoms with E-state index in [-0.39, 0.29) is 12.1 Å². The van der Waals surface area contributed by atoms with Crippen LogP contribution in [0, 0.1) is 0 Å². The Morgan fingerprint density at radius 2 is 1.86 bits per heavy atom. The molecule has 0 aromatic heterocycles. The van der Waals surface area contributed by atoms with E-state index in [2.05, 4.69) is 57.8 Å². The van der Waals surface area contributed by atoms with E-state index >= 15 is 0 Å². The highest BCUT2D eigenvalue weighted by molar-refractivity contribution is 9.10. The first-order chi connectivity index (χ1) is 10.6. The number of carbonyl (C=O) groups excluding carboxylic acids is 1. The molecule has 0 radical (unpaired) electrons. The molecule has 2 N–H and O–H groups in total. The fourth-order valence-corrected chi connectivity index (χ4v) is 2.65. The van der Waals surface area contributed by atoms with E-state index in [0.717, 1.165) is 22.0 Å². The number of aryl methyl sites for hydroxylation is 1. The van der Waals surface area contributed by atoms with Gasteiger partial charge in [0.2, 0.25) is 0 Å². The summed E-state index contributed by atoms with van der Waals surface area (Å²) in [5.74, 6) is 0. The Bertz CT molecular complexity index is 625. The minimum Gasteiger partial charge on any atom is -0.334 e. The predicted octanol–water partition coefficient (Wildman–Crippen LogP) is 4.57. The van der Waals surface area contributed by atoms with Gasteiger partial charge in [-0.3, -0.25) is 0 Å². The van der Waals surface area contributed by atoms with Crippen LogP contribution < -0.4 is 10.6 Å². The monoisotopic (exact) mass is 360 g/mol. The van der Waals surface area contributed by atoms with Gasteiger partial charge in [-0.25, -0.2) is 4.79 Å². The third-order valence-electron chi connectivity index (χ3n) is 3.58. The fourth-order valence-electron chi connectivity index (χ4n) is 2.20. The lowest BCUT2D eigenvalue weighted by Gasteiger charge is -2.15. The second-order valence-corrected chi connectivity index (χ2v) is 6.19. The zero-order chi connectivity index (χ0) is 15.9. The summed E-state index contributed by atoms with van der Waals surface area (Å²) in [7, 11) is 0. The van der Waals surface area contributed by atoms with Gasteiger partial charge in [-0.1, -0.05) is 59.3 Å². The van der Waals surface area contributed by atoms with Crippen molar-refractivity contribution in [3.63, 3.8) is 0 Å². The lowest BCUT2D eigenvalue weighted by Crippen LogP contribution is -2.36. The molecule has 116 valence electrons. The van der Waals surface area contributed by atoms with Crippen LogP contribution in [0.25, 0.3) is 0 Å². The Morgan fingerprint density at radius 3 is 2.50 bits per heavy atom. The summed E-state index contributed by atoms with van der Waals surface area (Å²) < 4.78 is 1.01. The highest BCUT2D eigenvalue weighted by Crippen LogP contribution is 2.14. The van der Waals surface area contributed by atoms with E-state index < -0.39 is 0 Å². The normalized spacial score (nSPS) is 11.8. The van der Waals surface area contributed by atoms with Crippen molar-refractivity contribution in [2.75, 3.05) is 0 Å². The van der Waals surface area contributed by atoms with Gasteiger partial charge in [-0.15, -0.1) is 0 Å². The topological polar surface area (TPSA) is 41.1 Å². The van der Waals surface area contributed by atoms with Crippen molar-refractivity contribution in [1.82, 2.24) is 10.6 Å². The van der Waals surface area contributed by atoms with E-state index in [1.54, 1.807) is 0 Å². The summed E-state index contributed by atoms with van der Waals surface area (Å²) in [6, 6.07) is 16.1. The summed E-state index contributed by atoms with van der Waals surface area (Å²) in [5.41, 5.74) is 3.47. The van der Waals surface area contributed by atoms with Crippen LogP contribution in [0.3, 0.4) is 0 Å². The first-order valence-electron chi connectivity index (χ1n) is 7.46. The quantitative estimate of drug-likeness (QED) is 0.805. The number of urea groups is 1. The maximum absolute atomic E-state index is 12.0. The molecule has 0 aliphatic carbocycles. The van der Waals surface area contributed by atoms with Crippen molar-refractivity contribution < 1.29 is 4.79 Å². The van der Waals surface area contributed by atoms with E-state index in [1.807, 2.05) is 31.2 Å². The standard InChI is InChI=1S/C18H21BrN2O/c1-3-14-7-9-16(10-8-14)13(2)21-18(22)20-12-15-5-4-6-17(19)11-15/h4-11,13H,3,12H2,1-2H3,(H2,20,21,22). The average molecular weight is 361 g/mol. The molecule has 1 atom stereocenters. The Balaban J connectivity index is 1.85. The van der Waals surface area contributed by atoms with Gasteiger partial charge in [-0.2, -0.15) is 0 Å². The molecule has 2 aromatic rings. The van der Waals surface area contributed by atoms with Gasteiger partial charge in [0, 0.05) is 11.0 Å². The van der Waals surface area contributed by atoms with Gasteiger partial charge in [-0.05, 0) is 42.2 Å². The van der Waals surface area contributed by atoms with Crippen molar-refractivity contribution >= 4 is 22.0 Å². The number of hydrogen-bond donors (Lipinski definition) is 2. The molecule has 0 saturated carbocycles. The lowest BCUT2D eigenvalue weighted by molar-refractivity contribution is 0.237. The third-order valence-corrected chi connectivity index (χ3v) is 4.07. The second-order valence-electron chi connectivity index (χ2n) is 5.27. The number of nitrogens with one attached hydrogen (secondary N) is 2. The zero-order valence-electron chi connectivity index (χ0n) is 12.9. The molecule has 0 aliphatic rings. The van der Waals surface area contributed by atoms with Gasteiger partial charge in [0.25, 0.3) is 0 Å². The predicted molar refractivity (Wildman–Crippen MR) is 93.7 cm³/mol. The van der Waals surface area contributed by atoms with Crippen LogP contribution in [0.5, 0.6) is 0 Å². The SMILES string of the molecule is CCc1ccc(C(C)NC(=O)NCc2cccc(Br)c2)cc1. The van der Waals surface area contributed by atoms with Crippen LogP contribution in [0.2, 0.25) is 0 Å². The van der Waals surface area contributed by atoms with Crippen LogP contribution >= 0.6 is 15.9 Å². The summed E-state index contributed by atoms with van der Waals surface area (Å²) in [6.45, 7) is 4.62. The smallest absolute Gasteiger partial charge is 0.315 e. The van der Waals surface area contributed by atoms with E-state index in [0.29, 0.717) is 6.54 Å². The molecule has 0 bridgehead atoms. The number of halogens is 1. The first kappa shape index (κ1) is 16.6. The number of benzene rings is 2. The number of carbonyl (C=O) groups is 1. The molecule has 2 rings (SSSR count). The molecule has 4 heteroatoms. The lowest BCUT2D eigenvalue weighted by atomic mass is 10.1. The van der Waals surface area contributed by atoms with Gasteiger partial charge in [0.15, 0.2) is 0 Å². The molecular weight excluding hydrogens is 340 g/mol. The fraction of sp³-hybridized carbons (Fsp3) is 0.278. The Kier molecular flexibility index (Phi) is 6.01. The Morgan fingerprint density at radius 1 is 1.14 bits per heavy atom. The van der Waals surface area contributed by atoms with Gasteiger partial charge in [0.1, 0.15) is 0 Å². The molecular formula is C18H21BrN2O. The molecule has 22 heavy (non-hydrogen) atoms. The average Bonchev–Trinajstić information content (AvgIpc) is 2.53. The van der Waals surface area contributed by atoms with Crippen LogP contribution in [-0.4, -0.2) is 6.03 Å². The molecule has 2 aromatic carbocycles. The number of rotatable bonds is 5. The highest BCUT2D eigenvalue weighted by atomic mass is 79.9. The molecule has 3 nitrogen and oxygen atoms in total. The van der Waals surface area contributed by atoms with E-state index in [9.17, 15) is 4.79 Å². The molecule has 0 heterocycles. The summed E-state index contributed by atoms with van der Waals surface area (Å²) in [4.78, 5) is 12.0. The molecule has 0 fully saturated rings. The van der Waals surface area contributed by atoms with Crippen LogP contribution in [-0.2, 0) is 13.0 Å². The summed E-state index contributed by atoms with van der Waals surface area (Å²) >= 11 is 3.42. The van der Waals surface area contributed by atoms with Crippen LogP contribution in [0.4, 0.5) is 4.79 Å². The van der Waals surface area contributed by atoms with Crippen molar-refractivity contribution in [2.24, 2.45) is 0 Å². The summed E-state index contributed by atoms with van der Waals surface area (Å²) in [5, 5.41) is 5.84. The van der Waals surface area contributed by atoms with Crippen molar-refractivity contribution in [1.29, 1.82) is 0 Å². The molecule has 1 unspecified atom stereocenters.